The monoisotopic (exact) mass is 167 g/mol. The van der Waals surface area contributed by atoms with Gasteiger partial charge in [0.15, 0.2) is 0 Å². The second kappa shape index (κ2) is 3.66. The number of aliphatic carboxylic acids is 1. The lowest BCUT2D eigenvalue weighted by atomic mass is 10.3. The van der Waals surface area contributed by atoms with Crippen LogP contribution in [-0.4, -0.2) is 27.1 Å². The second-order valence-electron chi connectivity index (χ2n) is 2.28. The minimum Gasteiger partial charge on any atom is -0.480 e. The first-order valence-corrected chi connectivity index (χ1v) is 3.46. The Kier molecular flexibility index (Phi) is 2.57. The molecule has 0 aromatic carbocycles. The zero-order chi connectivity index (χ0) is 8.97. The summed E-state index contributed by atoms with van der Waals surface area (Å²) in [5.41, 5.74) is 0. The van der Waals surface area contributed by atoms with Crippen molar-refractivity contribution >= 4 is 11.9 Å². The molecule has 5 heteroatoms. The number of nitrogens with one attached hydrogen (secondary N) is 1. The van der Waals surface area contributed by atoms with Crippen LogP contribution in [0, 0.1) is 0 Å². The van der Waals surface area contributed by atoms with E-state index in [0.29, 0.717) is 5.95 Å². The Hall–Kier alpha value is -1.65. The summed E-state index contributed by atoms with van der Waals surface area (Å²) in [4.78, 5) is 18.0. The van der Waals surface area contributed by atoms with E-state index in [-0.39, 0.29) is 0 Å². The van der Waals surface area contributed by atoms with E-state index in [2.05, 4.69) is 15.3 Å². The van der Waals surface area contributed by atoms with Crippen molar-refractivity contribution < 1.29 is 9.90 Å². The van der Waals surface area contributed by atoms with Gasteiger partial charge in [-0.3, -0.25) is 4.79 Å². The average Bonchev–Trinajstić information content (AvgIpc) is 2.06. The molecule has 1 rings (SSSR count). The van der Waals surface area contributed by atoms with Crippen LogP contribution < -0.4 is 5.32 Å². The number of carboxylic acid groups (broad SMARTS) is 1. The van der Waals surface area contributed by atoms with Gasteiger partial charge in [0.2, 0.25) is 5.95 Å². The van der Waals surface area contributed by atoms with Crippen LogP contribution in [0.2, 0.25) is 0 Å². The van der Waals surface area contributed by atoms with Gasteiger partial charge in [0, 0.05) is 12.4 Å². The van der Waals surface area contributed by atoms with E-state index in [1.54, 1.807) is 18.5 Å². The molecule has 0 aliphatic rings. The molecule has 0 unspecified atom stereocenters. The second-order valence-corrected chi connectivity index (χ2v) is 2.28. The average molecular weight is 167 g/mol. The Morgan fingerprint density at radius 3 is 2.67 bits per heavy atom. The third-order valence-electron chi connectivity index (χ3n) is 1.28. The van der Waals surface area contributed by atoms with E-state index in [1.807, 2.05) is 0 Å². The van der Waals surface area contributed by atoms with Gasteiger partial charge in [-0.15, -0.1) is 0 Å². The first kappa shape index (κ1) is 8.45. The summed E-state index contributed by atoms with van der Waals surface area (Å²) in [7, 11) is 0. The highest BCUT2D eigenvalue weighted by Gasteiger charge is 2.10. The number of hydrogen-bond acceptors (Lipinski definition) is 4. The molecule has 0 spiro atoms. The van der Waals surface area contributed by atoms with E-state index < -0.39 is 12.0 Å². The molecule has 0 saturated heterocycles. The summed E-state index contributed by atoms with van der Waals surface area (Å²) in [6.45, 7) is 1.53. The van der Waals surface area contributed by atoms with Crippen LogP contribution in [-0.2, 0) is 4.79 Å². The van der Waals surface area contributed by atoms with Crippen molar-refractivity contribution in [2.24, 2.45) is 0 Å². The number of carbonyl (C=O) groups is 1. The summed E-state index contributed by atoms with van der Waals surface area (Å²) in [6, 6.07) is 0.990. The number of carboxylic acids is 1. The Labute approximate surface area is 69.5 Å². The summed E-state index contributed by atoms with van der Waals surface area (Å²) >= 11 is 0. The van der Waals surface area contributed by atoms with Crippen LogP contribution >= 0.6 is 0 Å². The van der Waals surface area contributed by atoms with Gasteiger partial charge < -0.3 is 10.4 Å². The van der Waals surface area contributed by atoms with E-state index in [0.717, 1.165) is 0 Å². The minimum absolute atomic E-state index is 0.326. The van der Waals surface area contributed by atoms with Gasteiger partial charge in [-0.1, -0.05) is 0 Å². The van der Waals surface area contributed by atoms with Gasteiger partial charge in [0.1, 0.15) is 6.04 Å². The van der Waals surface area contributed by atoms with Crippen molar-refractivity contribution in [1.82, 2.24) is 9.97 Å². The maximum absolute atomic E-state index is 10.4. The van der Waals surface area contributed by atoms with Crippen LogP contribution in [0.25, 0.3) is 0 Å². The SMILES string of the molecule is C[C@H](Nc1ncccn1)C(=O)O. The van der Waals surface area contributed by atoms with Crippen molar-refractivity contribution in [1.29, 1.82) is 0 Å². The summed E-state index contributed by atoms with van der Waals surface area (Å²) < 4.78 is 0. The highest BCUT2D eigenvalue weighted by atomic mass is 16.4. The van der Waals surface area contributed by atoms with Crippen molar-refractivity contribution in [3.05, 3.63) is 18.5 Å². The number of rotatable bonds is 3. The van der Waals surface area contributed by atoms with Gasteiger partial charge in [-0.2, -0.15) is 0 Å². The molecule has 12 heavy (non-hydrogen) atoms. The number of hydrogen-bond donors (Lipinski definition) is 2. The van der Waals surface area contributed by atoms with E-state index in [9.17, 15) is 4.79 Å². The number of nitrogens with zero attached hydrogens (tertiary/aromatic N) is 2. The largest absolute Gasteiger partial charge is 0.480 e. The molecule has 1 atom stereocenters. The summed E-state index contributed by atoms with van der Waals surface area (Å²) in [6.07, 6.45) is 3.09. The Balaban J connectivity index is 2.58. The Morgan fingerprint density at radius 1 is 1.58 bits per heavy atom. The molecule has 0 fully saturated rings. The standard InChI is InChI=1S/C7H9N3O2/c1-5(6(11)12)10-7-8-3-2-4-9-7/h2-5H,1H3,(H,11,12)(H,8,9,10)/t5-/m0/s1. The molecular formula is C7H9N3O2. The summed E-state index contributed by atoms with van der Waals surface area (Å²) in [5.74, 6) is -0.602. The number of anilines is 1. The maximum atomic E-state index is 10.4. The summed E-state index contributed by atoms with van der Waals surface area (Å²) in [5, 5.41) is 11.1. The quantitative estimate of drug-likeness (QED) is 0.679. The van der Waals surface area contributed by atoms with Crippen LogP contribution in [0.5, 0.6) is 0 Å². The fourth-order valence-electron chi connectivity index (χ4n) is 0.629. The third kappa shape index (κ3) is 2.19. The van der Waals surface area contributed by atoms with Gasteiger partial charge in [0.25, 0.3) is 0 Å². The van der Waals surface area contributed by atoms with E-state index in [4.69, 9.17) is 5.11 Å². The normalized spacial score (nSPS) is 12.1. The lowest BCUT2D eigenvalue weighted by Crippen LogP contribution is -2.26. The molecule has 1 aromatic heterocycles. The third-order valence-corrected chi connectivity index (χ3v) is 1.28. The first-order chi connectivity index (χ1) is 5.70. The van der Waals surface area contributed by atoms with Crippen LogP contribution in [0.15, 0.2) is 18.5 Å². The lowest BCUT2D eigenvalue weighted by Gasteiger charge is -2.07. The van der Waals surface area contributed by atoms with Gasteiger partial charge in [-0.05, 0) is 13.0 Å². The van der Waals surface area contributed by atoms with Gasteiger partial charge in [-0.25, -0.2) is 9.97 Å². The zero-order valence-corrected chi connectivity index (χ0v) is 6.56. The molecule has 0 radical (unpaired) electrons. The molecule has 1 aromatic rings. The van der Waals surface area contributed by atoms with Crippen molar-refractivity contribution in [3.8, 4) is 0 Å². The number of aromatic nitrogens is 2. The molecule has 2 N–H and O–H groups in total. The minimum atomic E-state index is -0.928. The topological polar surface area (TPSA) is 75.1 Å². The molecule has 0 aliphatic carbocycles. The van der Waals surface area contributed by atoms with Gasteiger partial charge >= 0.3 is 5.97 Å². The van der Waals surface area contributed by atoms with Crippen molar-refractivity contribution in [3.63, 3.8) is 0 Å². The maximum Gasteiger partial charge on any atom is 0.325 e. The predicted molar refractivity (Wildman–Crippen MR) is 42.8 cm³/mol. The van der Waals surface area contributed by atoms with E-state index in [1.165, 1.54) is 6.92 Å². The zero-order valence-electron chi connectivity index (χ0n) is 6.56. The lowest BCUT2D eigenvalue weighted by molar-refractivity contribution is -0.137. The van der Waals surface area contributed by atoms with Crippen LogP contribution in [0.4, 0.5) is 5.95 Å². The molecule has 0 bridgehead atoms. The Morgan fingerprint density at radius 2 is 2.17 bits per heavy atom. The predicted octanol–water partition coefficient (Wildman–Crippen LogP) is 0.362. The van der Waals surface area contributed by atoms with Gasteiger partial charge in [0.05, 0.1) is 0 Å². The Bertz CT molecular complexity index is 263. The molecule has 0 saturated carbocycles. The fraction of sp³-hybridized carbons (Fsp3) is 0.286. The van der Waals surface area contributed by atoms with Crippen molar-refractivity contribution in [2.75, 3.05) is 5.32 Å². The first-order valence-electron chi connectivity index (χ1n) is 3.46. The molecule has 1 heterocycles. The molecule has 5 nitrogen and oxygen atoms in total. The highest BCUT2D eigenvalue weighted by molar-refractivity contribution is 5.75. The molecular weight excluding hydrogens is 158 g/mol. The van der Waals surface area contributed by atoms with Crippen LogP contribution in [0.1, 0.15) is 6.92 Å². The smallest absolute Gasteiger partial charge is 0.325 e. The molecule has 64 valence electrons. The molecule has 0 amide bonds. The fourth-order valence-corrected chi connectivity index (χ4v) is 0.629. The van der Waals surface area contributed by atoms with Crippen LogP contribution in [0.3, 0.4) is 0 Å². The van der Waals surface area contributed by atoms with Crippen molar-refractivity contribution in [2.45, 2.75) is 13.0 Å². The molecule has 0 aliphatic heterocycles. The highest BCUT2D eigenvalue weighted by Crippen LogP contribution is 1.97. The van der Waals surface area contributed by atoms with E-state index >= 15 is 0 Å².